The third-order valence-electron chi connectivity index (χ3n) is 17.7. The highest BCUT2D eigenvalue weighted by Crippen LogP contribution is 2.19. The fraction of sp³-hybridized carbons (Fsp3) is 0.921. The van der Waals surface area contributed by atoms with Gasteiger partial charge in [0, 0.05) is 12.8 Å². The summed E-state index contributed by atoms with van der Waals surface area (Å²) in [6, 6.07) is -0.540. The molecule has 82 heavy (non-hydrogen) atoms. The number of aliphatic hydroxyl groups excluding tert-OH is 2. The molecule has 0 bridgehead atoms. The molecule has 6 heteroatoms. The molecule has 6 nitrogen and oxygen atoms in total. The Balaban J connectivity index is 3.36. The van der Waals surface area contributed by atoms with Crippen LogP contribution in [0.3, 0.4) is 0 Å². The summed E-state index contributed by atoms with van der Waals surface area (Å²) in [4.78, 5) is 24.6. The molecule has 486 valence electrons. The lowest BCUT2D eigenvalue weighted by Gasteiger charge is -2.22. The maximum absolute atomic E-state index is 12.5. The number of rotatable bonds is 71. The van der Waals surface area contributed by atoms with E-state index in [4.69, 9.17) is 4.74 Å². The molecule has 1 amide bonds. The quantitative estimate of drug-likeness (QED) is 0.0320. The minimum Gasteiger partial charge on any atom is -0.466 e. The zero-order valence-electron chi connectivity index (χ0n) is 55.8. The van der Waals surface area contributed by atoms with Gasteiger partial charge in [-0.05, 0) is 77.0 Å². The second-order valence-corrected chi connectivity index (χ2v) is 26.0. The summed E-state index contributed by atoms with van der Waals surface area (Å²) in [6.07, 6.45) is 91.0. The highest BCUT2D eigenvalue weighted by atomic mass is 16.5. The van der Waals surface area contributed by atoms with Crippen LogP contribution >= 0.6 is 0 Å². The topological polar surface area (TPSA) is 95.9 Å². The van der Waals surface area contributed by atoms with Crippen LogP contribution in [0.2, 0.25) is 0 Å². The van der Waals surface area contributed by atoms with Crippen LogP contribution in [0.4, 0.5) is 0 Å². The lowest BCUT2D eigenvalue weighted by molar-refractivity contribution is -0.143. The number of ether oxygens (including phenoxy) is 1. The largest absolute Gasteiger partial charge is 0.466 e. The molecule has 0 heterocycles. The van der Waals surface area contributed by atoms with Gasteiger partial charge in [-0.3, -0.25) is 9.59 Å². The molecule has 2 unspecified atom stereocenters. The Kier molecular flexibility index (Phi) is 70.4. The van der Waals surface area contributed by atoms with E-state index in [2.05, 4.69) is 43.5 Å². The first-order valence-electron chi connectivity index (χ1n) is 37.6. The van der Waals surface area contributed by atoms with Crippen molar-refractivity contribution in [3.8, 4) is 0 Å². The van der Waals surface area contributed by atoms with Crippen molar-refractivity contribution < 1.29 is 24.5 Å². The van der Waals surface area contributed by atoms with Gasteiger partial charge in [-0.2, -0.15) is 0 Å². The maximum atomic E-state index is 12.5. The molecule has 0 spiro atoms. The Morgan fingerprint density at radius 2 is 0.573 bits per heavy atom. The predicted octanol–water partition coefficient (Wildman–Crippen LogP) is 24.5. The molecular formula is C76H147NO5. The number of carbonyl (C=O) groups is 2. The van der Waals surface area contributed by atoms with Gasteiger partial charge in [0.2, 0.25) is 5.91 Å². The molecule has 0 aliphatic rings. The molecular weight excluding hydrogens is 1010 g/mol. The Hall–Kier alpha value is -1.66. The normalized spacial score (nSPS) is 12.6. The Labute approximate surface area is 513 Å². The standard InChI is InChI=1S/C76H147NO5/c1-3-5-7-9-11-13-15-17-19-20-34-37-41-44-48-52-56-60-64-68-74(79)73(72-78)77-75(80)69-65-61-57-53-49-45-42-38-35-32-30-28-26-24-22-21-23-25-27-29-31-33-36-39-43-47-51-55-59-63-67-71-82-76(81)70-66-62-58-54-50-46-40-18-16-14-12-10-8-6-4-2/h18,23,25,40,73-74,78-79H,3-17,19-22,24,26-39,41-72H2,1-2H3,(H,77,80)/b25-23-,40-18-. The van der Waals surface area contributed by atoms with E-state index < -0.39 is 12.1 Å². The van der Waals surface area contributed by atoms with Crippen LogP contribution in [0.1, 0.15) is 425 Å². The number of hydrogen-bond acceptors (Lipinski definition) is 5. The van der Waals surface area contributed by atoms with Gasteiger partial charge >= 0.3 is 5.97 Å². The van der Waals surface area contributed by atoms with E-state index >= 15 is 0 Å². The number of amides is 1. The first-order valence-corrected chi connectivity index (χ1v) is 37.6. The minimum atomic E-state index is -0.663. The molecule has 0 aromatic carbocycles. The molecule has 2 atom stereocenters. The zero-order chi connectivity index (χ0) is 59.2. The van der Waals surface area contributed by atoms with E-state index in [0.29, 0.717) is 25.9 Å². The van der Waals surface area contributed by atoms with Gasteiger partial charge in [0.1, 0.15) is 0 Å². The van der Waals surface area contributed by atoms with Gasteiger partial charge in [-0.15, -0.1) is 0 Å². The highest BCUT2D eigenvalue weighted by molar-refractivity contribution is 5.76. The van der Waals surface area contributed by atoms with E-state index in [1.165, 1.54) is 347 Å². The van der Waals surface area contributed by atoms with Gasteiger partial charge in [-0.1, -0.05) is 359 Å². The summed E-state index contributed by atoms with van der Waals surface area (Å²) in [5.41, 5.74) is 0. The number of hydrogen-bond donors (Lipinski definition) is 3. The summed E-state index contributed by atoms with van der Waals surface area (Å²) < 4.78 is 5.49. The van der Waals surface area contributed by atoms with E-state index in [-0.39, 0.29) is 18.5 Å². The molecule has 3 N–H and O–H groups in total. The second-order valence-electron chi connectivity index (χ2n) is 26.0. The lowest BCUT2D eigenvalue weighted by atomic mass is 10.0. The molecule has 0 aliphatic carbocycles. The molecule has 0 saturated carbocycles. The third-order valence-corrected chi connectivity index (χ3v) is 17.7. The van der Waals surface area contributed by atoms with Crippen LogP contribution in [-0.2, 0) is 14.3 Å². The predicted molar refractivity (Wildman–Crippen MR) is 361 cm³/mol. The van der Waals surface area contributed by atoms with Crippen molar-refractivity contribution in [1.82, 2.24) is 5.32 Å². The van der Waals surface area contributed by atoms with Crippen molar-refractivity contribution in [1.29, 1.82) is 0 Å². The third kappa shape index (κ3) is 67.5. The summed E-state index contributed by atoms with van der Waals surface area (Å²) >= 11 is 0. The fourth-order valence-corrected chi connectivity index (χ4v) is 12.0. The van der Waals surface area contributed by atoms with Crippen LogP contribution in [0.5, 0.6) is 0 Å². The summed E-state index contributed by atoms with van der Waals surface area (Å²) in [5, 5.41) is 23.4. The average Bonchev–Trinajstić information content (AvgIpc) is 3.48. The molecule has 0 aliphatic heterocycles. The first kappa shape index (κ1) is 80.3. The van der Waals surface area contributed by atoms with Crippen molar-refractivity contribution in [3.63, 3.8) is 0 Å². The van der Waals surface area contributed by atoms with Crippen molar-refractivity contribution >= 4 is 11.9 Å². The van der Waals surface area contributed by atoms with Gasteiger partial charge in [0.05, 0.1) is 25.4 Å². The Bertz CT molecular complexity index is 1280. The minimum absolute atomic E-state index is 0.0106. The monoisotopic (exact) mass is 1150 g/mol. The fourth-order valence-electron chi connectivity index (χ4n) is 12.0. The van der Waals surface area contributed by atoms with Crippen LogP contribution in [0.15, 0.2) is 24.3 Å². The van der Waals surface area contributed by atoms with Crippen molar-refractivity contribution in [2.75, 3.05) is 13.2 Å². The van der Waals surface area contributed by atoms with Gasteiger partial charge in [0.15, 0.2) is 0 Å². The van der Waals surface area contributed by atoms with Crippen LogP contribution in [0.25, 0.3) is 0 Å². The zero-order valence-corrected chi connectivity index (χ0v) is 55.8. The summed E-state index contributed by atoms with van der Waals surface area (Å²) in [5.74, 6) is -0.0178. The van der Waals surface area contributed by atoms with Gasteiger partial charge in [0.25, 0.3) is 0 Å². The number of unbranched alkanes of at least 4 members (excludes halogenated alkanes) is 56. The molecule has 0 fully saturated rings. The average molecular weight is 1160 g/mol. The van der Waals surface area contributed by atoms with Gasteiger partial charge in [-0.25, -0.2) is 0 Å². The molecule has 0 aromatic rings. The number of carbonyl (C=O) groups excluding carboxylic acids is 2. The van der Waals surface area contributed by atoms with Crippen molar-refractivity contribution in [2.24, 2.45) is 0 Å². The van der Waals surface area contributed by atoms with E-state index in [1.807, 2.05) is 0 Å². The number of nitrogens with one attached hydrogen (secondary N) is 1. The smallest absolute Gasteiger partial charge is 0.305 e. The molecule has 0 radical (unpaired) electrons. The van der Waals surface area contributed by atoms with E-state index in [1.54, 1.807) is 0 Å². The molecule has 0 aromatic heterocycles. The van der Waals surface area contributed by atoms with Crippen molar-refractivity contribution in [2.45, 2.75) is 437 Å². The lowest BCUT2D eigenvalue weighted by Crippen LogP contribution is -2.45. The van der Waals surface area contributed by atoms with E-state index in [9.17, 15) is 19.8 Å². The second kappa shape index (κ2) is 71.8. The summed E-state index contributed by atoms with van der Waals surface area (Å²) in [7, 11) is 0. The highest BCUT2D eigenvalue weighted by Gasteiger charge is 2.20. The number of aliphatic hydroxyl groups is 2. The summed E-state index contributed by atoms with van der Waals surface area (Å²) in [6.45, 7) is 4.99. The number of esters is 1. The molecule has 0 rings (SSSR count). The Morgan fingerprint density at radius 3 is 0.866 bits per heavy atom. The number of allylic oxidation sites excluding steroid dienone is 4. The van der Waals surface area contributed by atoms with Crippen LogP contribution in [-0.4, -0.2) is 47.4 Å². The Morgan fingerprint density at radius 1 is 0.329 bits per heavy atom. The maximum Gasteiger partial charge on any atom is 0.305 e. The van der Waals surface area contributed by atoms with Crippen LogP contribution < -0.4 is 5.32 Å². The van der Waals surface area contributed by atoms with Gasteiger partial charge < -0.3 is 20.3 Å². The van der Waals surface area contributed by atoms with E-state index in [0.717, 1.165) is 44.9 Å². The first-order chi connectivity index (χ1) is 40.5. The SMILES string of the molecule is CCCCCCCC/C=C\CCCCCCCC(=O)OCCCCCCCCCCCCCC/C=C\CCCCCCCCCCCCCCCCCC(=O)NC(CO)C(O)CCCCCCCCCCCCCCCCCCCCC. The molecule has 0 saturated heterocycles. The van der Waals surface area contributed by atoms with Crippen molar-refractivity contribution in [3.05, 3.63) is 24.3 Å². The van der Waals surface area contributed by atoms with Crippen LogP contribution in [0, 0.1) is 0 Å².